The number of hydroxylamine groups is 4. The van der Waals surface area contributed by atoms with E-state index in [4.69, 9.17) is 25.5 Å². The minimum absolute atomic E-state index is 0.208. The maximum Gasteiger partial charge on any atom is 0.282 e. The lowest BCUT2D eigenvalue weighted by Gasteiger charge is -2.43. The normalized spacial score (nSPS) is 20.1. The number of rotatable bonds is 5. The molecule has 0 atom stereocenters. The fourth-order valence-corrected chi connectivity index (χ4v) is 4.74. The first-order valence-electron chi connectivity index (χ1n) is 8.99. The van der Waals surface area contributed by atoms with Gasteiger partial charge in [0.1, 0.15) is 5.54 Å². The molecule has 0 N–H and O–H groups in total. The number of hydrogen-bond donors (Lipinski definition) is 1. The molecule has 0 unspecified atom stereocenters. The van der Waals surface area contributed by atoms with E-state index in [1.54, 1.807) is 7.11 Å². The predicted octanol–water partition coefficient (Wildman–Crippen LogP) is 3.72. The number of piperidine rings is 1. The second-order valence-electron chi connectivity index (χ2n) is 6.87. The maximum absolute atomic E-state index is 13.4. The summed E-state index contributed by atoms with van der Waals surface area (Å²) in [5, 5.41) is 3.99. The van der Waals surface area contributed by atoms with Crippen molar-refractivity contribution in [1.82, 2.24) is 10.1 Å². The zero-order valence-corrected chi connectivity index (χ0v) is 17.7. The first kappa shape index (κ1) is 20.5. The van der Waals surface area contributed by atoms with E-state index in [2.05, 4.69) is 12.9 Å². The molecule has 27 heavy (non-hydrogen) atoms. The van der Waals surface area contributed by atoms with Crippen molar-refractivity contribution in [3.63, 3.8) is 0 Å². The van der Waals surface area contributed by atoms with Crippen LogP contribution in [0, 0.1) is 13.8 Å². The summed E-state index contributed by atoms with van der Waals surface area (Å²) in [5.74, 6) is 0.328. The summed E-state index contributed by atoms with van der Waals surface area (Å²) in [6.45, 7) is 7.43. The largest absolute Gasteiger partial charge is 0.430 e. The van der Waals surface area contributed by atoms with Gasteiger partial charge < -0.3 is 9.02 Å². The van der Waals surface area contributed by atoms with Crippen molar-refractivity contribution >= 4 is 36.0 Å². The summed E-state index contributed by atoms with van der Waals surface area (Å²) < 4.78 is 5.57. The van der Waals surface area contributed by atoms with Crippen LogP contribution >= 0.6 is 24.5 Å². The molecule has 6 nitrogen and oxygen atoms in total. The third kappa shape index (κ3) is 3.36. The number of carbonyl (C=O) groups excluding carboxylic acids is 1. The Morgan fingerprint density at radius 1 is 1.22 bits per heavy atom. The molecule has 0 bridgehead atoms. The summed E-state index contributed by atoms with van der Waals surface area (Å²) in [6, 6.07) is 3.70. The molecule has 3 rings (SSSR count). The maximum atomic E-state index is 13.4. The van der Waals surface area contributed by atoms with E-state index in [-0.39, 0.29) is 5.91 Å². The Hall–Kier alpha value is -1.25. The number of benzene rings is 1. The molecule has 2 heterocycles. The van der Waals surface area contributed by atoms with Crippen LogP contribution in [0.15, 0.2) is 17.9 Å². The fourth-order valence-electron chi connectivity index (χ4n) is 4.15. The zero-order chi connectivity index (χ0) is 19.8. The summed E-state index contributed by atoms with van der Waals surface area (Å²) in [5.41, 5.74) is 2.45. The van der Waals surface area contributed by atoms with Crippen LogP contribution in [0.4, 0.5) is 0 Å². The van der Waals surface area contributed by atoms with Crippen molar-refractivity contribution in [2.75, 3.05) is 26.8 Å². The van der Waals surface area contributed by atoms with Crippen LogP contribution in [-0.2, 0) is 18.7 Å². The van der Waals surface area contributed by atoms with Crippen LogP contribution in [0.5, 0.6) is 0 Å². The second kappa shape index (κ2) is 8.01. The van der Waals surface area contributed by atoms with Crippen molar-refractivity contribution in [2.45, 2.75) is 39.2 Å². The van der Waals surface area contributed by atoms with Crippen molar-refractivity contribution in [3.05, 3.63) is 39.6 Å². The van der Waals surface area contributed by atoms with E-state index in [1.165, 1.54) is 5.06 Å². The molecule has 0 aromatic heterocycles. The molecule has 1 aromatic rings. The number of carbonyl (C=O) groups is 1. The van der Waals surface area contributed by atoms with Gasteiger partial charge in [0.15, 0.2) is 5.76 Å². The molecule has 1 fully saturated rings. The van der Waals surface area contributed by atoms with E-state index >= 15 is 0 Å². The van der Waals surface area contributed by atoms with Gasteiger partial charge in [-0.25, -0.2) is 5.06 Å². The Balaban J connectivity index is 2.17. The Labute approximate surface area is 170 Å². The summed E-state index contributed by atoms with van der Waals surface area (Å²) in [6.07, 6.45) is 1.25. The Morgan fingerprint density at radius 2 is 1.81 bits per heavy atom. The lowest BCUT2D eigenvalue weighted by atomic mass is 9.85. The van der Waals surface area contributed by atoms with Gasteiger partial charge in [-0.1, -0.05) is 11.6 Å². The molecule has 0 radical (unpaired) electrons. The highest BCUT2D eigenvalue weighted by Gasteiger charge is 2.56. The topological polar surface area (TPSA) is 51.2 Å². The van der Waals surface area contributed by atoms with Gasteiger partial charge in [0.05, 0.1) is 19.3 Å². The predicted molar refractivity (Wildman–Crippen MR) is 107 cm³/mol. The van der Waals surface area contributed by atoms with Gasteiger partial charge in [0.2, 0.25) is 0 Å². The third-order valence-electron chi connectivity index (χ3n) is 5.34. The lowest BCUT2D eigenvalue weighted by Crippen LogP contribution is -2.54. The van der Waals surface area contributed by atoms with Crippen LogP contribution in [0.2, 0.25) is 5.02 Å². The van der Waals surface area contributed by atoms with Crippen molar-refractivity contribution in [2.24, 2.45) is 0 Å². The van der Waals surface area contributed by atoms with Crippen LogP contribution in [-0.4, -0.2) is 48.4 Å². The molecule has 0 saturated carbocycles. The Kier molecular flexibility index (Phi) is 6.08. The molecule has 1 spiro atoms. The van der Waals surface area contributed by atoms with Gasteiger partial charge in [-0.3, -0.25) is 9.63 Å². The van der Waals surface area contributed by atoms with E-state index in [9.17, 15) is 4.79 Å². The van der Waals surface area contributed by atoms with E-state index < -0.39 is 5.54 Å². The number of hydrogen-bond acceptors (Lipinski definition) is 6. The molecule has 0 aliphatic carbocycles. The summed E-state index contributed by atoms with van der Waals surface area (Å²) in [7, 11) is 1.65. The van der Waals surface area contributed by atoms with Crippen molar-refractivity contribution in [1.29, 1.82) is 0 Å². The minimum Gasteiger partial charge on any atom is -0.430 e. The highest BCUT2D eigenvalue weighted by Crippen LogP contribution is 2.48. The Morgan fingerprint density at radius 3 is 2.30 bits per heavy atom. The van der Waals surface area contributed by atoms with Gasteiger partial charge in [-0.15, -0.1) is 0 Å². The van der Waals surface area contributed by atoms with Crippen LogP contribution in [0.1, 0.15) is 36.5 Å². The van der Waals surface area contributed by atoms with Gasteiger partial charge >= 0.3 is 0 Å². The molecule has 2 aliphatic heterocycles. The van der Waals surface area contributed by atoms with Gasteiger partial charge in [0.25, 0.3) is 5.91 Å². The first-order chi connectivity index (χ1) is 12.9. The molecule has 148 valence electrons. The number of aryl methyl sites for hydroxylation is 2. The van der Waals surface area contributed by atoms with E-state index in [1.807, 2.05) is 38.0 Å². The molecule has 1 saturated heterocycles. The second-order valence-corrected chi connectivity index (χ2v) is 7.49. The third-order valence-corrected chi connectivity index (χ3v) is 5.74. The number of thiol groups is 1. The molecular weight excluding hydrogens is 388 g/mol. The standard InChI is InChI=1S/C19H25ClN2O4S/c1-5-25-22-18(23)16(15-12(2)10-14(20)11-13(15)3)17(26-27)19(22)6-8-21(24-4)9-7-19/h10-11,27H,5-9H2,1-4H3. The first-order valence-corrected chi connectivity index (χ1v) is 9.73. The summed E-state index contributed by atoms with van der Waals surface area (Å²) in [4.78, 5) is 24.6. The van der Waals surface area contributed by atoms with Crippen LogP contribution < -0.4 is 0 Å². The summed E-state index contributed by atoms with van der Waals surface area (Å²) >= 11 is 10.3. The number of amides is 1. The fraction of sp³-hybridized carbons (Fsp3) is 0.526. The highest BCUT2D eigenvalue weighted by molar-refractivity contribution is 7.75. The lowest BCUT2D eigenvalue weighted by molar-refractivity contribution is -0.229. The minimum atomic E-state index is -0.697. The van der Waals surface area contributed by atoms with E-state index in [0.717, 1.165) is 16.7 Å². The molecule has 2 aliphatic rings. The average molecular weight is 413 g/mol. The molecule has 8 heteroatoms. The Bertz CT molecular complexity index is 752. The van der Waals surface area contributed by atoms with Crippen molar-refractivity contribution < 1.29 is 18.7 Å². The van der Waals surface area contributed by atoms with Gasteiger partial charge in [-0.2, -0.15) is 5.06 Å². The SMILES string of the molecule is CCON1C(=O)C(c2c(C)cc(Cl)cc2C)=C(OS)C12CCN(OC)CC2. The number of nitrogens with zero attached hydrogens (tertiary/aromatic N) is 2. The van der Waals surface area contributed by atoms with Gasteiger partial charge in [0, 0.05) is 31.0 Å². The average Bonchev–Trinajstić information content (AvgIpc) is 2.84. The quantitative estimate of drug-likeness (QED) is 0.590. The number of halogens is 1. The van der Waals surface area contributed by atoms with Crippen LogP contribution in [0.3, 0.4) is 0 Å². The molecular formula is C19H25ClN2O4S. The smallest absolute Gasteiger partial charge is 0.282 e. The van der Waals surface area contributed by atoms with Gasteiger partial charge in [-0.05, 0) is 62.4 Å². The van der Waals surface area contributed by atoms with Crippen LogP contribution in [0.25, 0.3) is 5.57 Å². The monoisotopic (exact) mass is 412 g/mol. The van der Waals surface area contributed by atoms with Crippen molar-refractivity contribution in [3.8, 4) is 0 Å². The molecule has 1 amide bonds. The molecule has 1 aromatic carbocycles. The zero-order valence-electron chi connectivity index (χ0n) is 16.0. The van der Waals surface area contributed by atoms with E-state index in [0.29, 0.717) is 48.9 Å². The highest BCUT2D eigenvalue weighted by atomic mass is 35.5.